The Bertz CT molecular complexity index is 1160. The highest BCUT2D eigenvalue weighted by Gasteiger charge is 2.26. The van der Waals surface area contributed by atoms with Crippen LogP contribution in [0, 0.1) is 0 Å². The van der Waals surface area contributed by atoms with E-state index in [1.54, 1.807) is 12.2 Å². The van der Waals surface area contributed by atoms with Crippen molar-refractivity contribution in [3.05, 3.63) is 47.6 Å². The number of nitrogens with zero attached hydrogens (tertiary/aromatic N) is 3. The summed E-state index contributed by atoms with van der Waals surface area (Å²) in [5.74, 6) is -0.121. The number of hydrogen-bond donors (Lipinski definition) is 3. The van der Waals surface area contributed by atoms with Gasteiger partial charge in [-0.3, -0.25) is 19.7 Å². The van der Waals surface area contributed by atoms with E-state index in [9.17, 15) is 14.4 Å². The lowest BCUT2D eigenvalue weighted by Gasteiger charge is -2.33. The number of carbonyl (C=O) groups excluding carboxylic acids is 3. The molecule has 1 aromatic heterocycles. The van der Waals surface area contributed by atoms with E-state index in [0.717, 1.165) is 31.9 Å². The molecule has 0 unspecified atom stereocenters. The van der Waals surface area contributed by atoms with Crippen LogP contribution >= 0.6 is 0 Å². The van der Waals surface area contributed by atoms with Gasteiger partial charge in [0.1, 0.15) is 0 Å². The Labute approximate surface area is 245 Å². The first-order valence-corrected chi connectivity index (χ1v) is 15.1. The number of benzene rings is 1. The van der Waals surface area contributed by atoms with Crippen LogP contribution < -0.4 is 11.1 Å². The van der Waals surface area contributed by atoms with E-state index in [2.05, 4.69) is 5.32 Å². The maximum Gasteiger partial charge on any atom is 0.257 e. The molecule has 0 bridgehead atoms. The highest BCUT2D eigenvalue weighted by molar-refractivity contribution is 6.05. The second-order valence-electron chi connectivity index (χ2n) is 9.61. The quantitative estimate of drug-likeness (QED) is 0.165. The van der Waals surface area contributed by atoms with Gasteiger partial charge in [-0.2, -0.15) is 0 Å². The summed E-state index contributed by atoms with van der Waals surface area (Å²) in [5.41, 5.74) is 7.94. The molecule has 3 rings (SSSR count). The summed E-state index contributed by atoms with van der Waals surface area (Å²) in [6.45, 7) is 11.1. The van der Waals surface area contributed by atoms with Crippen molar-refractivity contribution >= 4 is 34.7 Å². The number of allylic oxidation sites excluding steroid dienone is 2. The van der Waals surface area contributed by atoms with Crippen molar-refractivity contribution in [2.24, 2.45) is 5.73 Å². The van der Waals surface area contributed by atoms with Crippen molar-refractivity contribution in [2.45, 2.75) is 105 Å². The second-order valence-corrected chi connectivity index (χ2v) is 9.61. The van der Waals surface area contributed by atoms with E-state index in [-0.39, 0.29) is 23.8 Å². The number of fused-ring (bicyclic) bond motifs is 1. The van der Waals surface area contributed by atoms with Gasteiger partial charge in [-0.05, 0) is 64.2 Å². The first-order chi connectivity index (χ1) is 19.9. The molecule has 3 amide bonds. The number of nitrogens with one attached hydrogen (secondary N) is 1. The Morgan fingerprint density at radius 2 is 1.80 bits per heavy atom. The van der Waals surface area contributed by atoms with Gasteiger partial charge in [0.05, 0.1) is 11.0 Å². The minimum absolute atomic E-state index is 0.0267. The highest BCUT2D eigenvalue weighted by Crippen LogP contribution is 2.27. The molecular weight excluding hydrogens is 518 g/mol. The van der Waals surface area contributed by atoms with Crippen LogP contribution in [0.1, 0.15) is 103 Å². The Morgan fingerprint density at radius 1 is 1.12 bits per heavy atom. The maximum atomic E-state index is 13.5. The van der Waals surface area contributed by atoms with Crippen LogP contribution in [-0.2, 0) is 16.1 Å². The van der Waals surface area contributed by atoms with Crippen molar-refractivity contribution in [2.75, 3.05) is 19.0 Å². The number of primary amides is 1. The number of imidazole rings is 1. The molecule has 228 valence electrons. The summed E-state index contributed by atoms with van der Waals surface area (Å²) in [6, 6.07) is 5.87. The standard InChI is InChI=1S/C29H41N5O3.C2H6.CH4O/c1-4-7-13-21(5-2)27(36)32-29-31-24-20-22(28(37)33(6-3)23-14-9-8-10-15-23)17-18-25(24)34(29)19-12-11-16-26(30)35;2*1-2/h5,7,13,17-18,20,23H,4,6,8-12,14-16,19H2,1-3H3,(H2,30,35)(H,31,32,36);1-2H3;2H,1H3/b13-7-,21-5+;;. The summed E-state index contributed by atoms with van der Waals surface area (Å²) in [5, 5.41) is 9.95. The SMILES string of the molecule is C/C=C(\C=C/CC)C(=O)Nc1nc2cc(C(=O)N(CC)C3CCCCC3)ccc2n1CCCCC(N)=O.CC.CO. The monoisotopic (exact) mass is 569 g/mol. The third-order valence-electron chi connectivity index (χ3n) is 7.00. The fourth-order valence-corrected chi connectivity index (χ4v) is 5.00. The number of hydrogen-bond acceptors (Lipinski definition) is 5. The van der Waals surface area contributed by atoms with Crippen molar-refractivity contribution in [1.82, 2.24) is 14.5 Å². The van der Waals surface area contributed by atoms with Crippen molar-refractivity contribution < 1.29 is 19.5 Å². The van der Waals surface area contributed by atoms with Crippen LogP contribution in [0.5, 0.6) is 0 Å². The molecule has 0 radical (unpaired) electrons. The van der Waals surface area contributed by atoms with Gasteiger partial charge in [0.2, 0.25) is 11.9 Å². The lowest BCUT2D eigenvalue weighted by molar-refractivity contribution is -0.118. The van der Waals surface area contributed by atoms with Crippen LogP contribution in [0.4, 0.5) is 5.95 Å². The topological polar surface area (TPSA) is 131 Å². The van der Waals surface area contributed by atoms with Gasteiger partial charge in [0.15, 0.2) is 0 Å². The Balaban J connectivity index is 0.00000201. The molecule has 41 heavy (non-hydrogen) atoms. The minimum atomic E-state index is -0.328. The number of rotatable bonds is 12. The largest absolute Gasteiger partial charge is 0.400 e. The van der Waals surface area contributed by atoms with Gasteiger partial charge in [-0.25, -0.2) is 4.98 Å². The fraction of sp³-hybridized carbons (Fsp3) is 0.562. The number of unbranched alkanes of at least 4 members (excludes halogenated alkanes) is 1. The van der Waals surface area contributed by atoms with E-state index in [0.29, 0.717) is 55.0 Å². The summed E-state index contributed by atoms with van der Waals surface area (Å²) in [6.07, 6.45) is 13.7. The number of aliphatic hydroxyl groups is 1. The predicted octanol–water partition coefficient (Wildman–Crippen LogP) is 5.97. The zero-order valence-corrected chi connectivity index (χ0v) is 25.9. The number of aromatic nitrogens is 2. The molecule has 1 saturated carbocycles. The molecular formula is C32H51N5O4. The molecule has 1 fully saturated rings. The van der Waals surface area contributed by atoms with Crippen molar-refractivity contribution in [3.63, 3.8) is 0 Å². The molecule has 1 aliphatic carbocycles. The molecule has 4 N–H and O–H groups in total. The number of carbonyl (C=O) groups is 3. The third kappa shape index (κ3) is 10.5. The van der Waals surface area contributed by atoms with Crippen molar-refractivity contribution in [1.29, 1.82) is 0 Å². The number of amides is 3. The number of nitrogens with two attached hydrogens (primary N) is 1. The molecule has 9 nitrogen and oxygen atoms in total. The van der Waals surface area contributed by atoms with E-state index >= 15 is 0 Å². The van der Waals surface area contributed by atoms with Crippen LogP contribution in [-0.4, -0.2) is 57.0 Å². The maximum absolute atomic E-state index is 13.5. The Morgan fingerprint density at radius 3 is 2.39 bits per heavy atom. The fourth-order valence-electron chi connectivity index (χ4n) is 5.00. The number of anilines is 1. The van der Waals surface area contributed by atoms with Gasteiger partial charge in [0, 0.05) is 43.8 Å². The number of aliphatic hydroxyl groups excluding tert-OH is 1. The van der Waals surface area contributed by atoms with E-state index < -0.39 is 0 Å². The normalized spacial score (nSPS) is 13.7. The molecule has 1 aromatic carbocycles. The molecule has 1 aliphatic rings. The minimum Gasteiger partial charge on any atom is -0.400 e. The van der Waals surface area contributed by atoms with Gasteiger partial charge >= 0.3 is 0 Å². The molecule has 0 atom stereocenters. The average molecular weight is 570 g/mol. The summed E-state index contributed by atoms with van der Waals surface area (Å²) in [4.78, 5) is 44.3. The average Bonchev–Trinajstić information content (AvgIpc) is 3.34. The van der Waals surface area contributed by atoms with Gasteiger partial charge in [-0.15, -0.1) is 0 Å². The summed E-state index contributed by atoms with van der Waals surface area (Å²) < 4.78 is 1.94. The second kappa shape index (κ2) is 19.6. The predicted molar refractivity (Wildman–Crippen MR) is 168 cm³/mol. The molecule has 1 heterocycles. The van der Waals surface area contributed by atoms with Gasteiger partial charge < -0.3 is 20.3 Å². The summed E-state index contributed by atoms with van der Waals surface area (Å²) in [7, 11) is 1.00. The smallest absolute Gasteiger partial charge is 0.257 e. The van der Waals surface area contributed by atoms with E-state index in [4.69, 9.17) is 15.8 Å². The first-order valence-electron chi connectivity index (χ1n) is 15.1. The lowest BCUT2D eigenvalue weighted by Crippen LogP contribution is -2.41. The van der Waals surface area contributed by atoms with Crippen LogP contribution in [0.3, 0.4) is 0 Å². The van der Waals surface area contributed by atoms with Crippen LogP contribution in [0.15, 0.2) is 42.0 Å². The molecule has 0 spiro atoms. The first kappa shape index (κ1) is 35.6. The third-order valence-corrected chi connectivity index (χ3v) is 7.00. The molecule has 2 aromatic rings. The zero-order valence-electron chi connectivity index (χ0n) is 25.9. The highest BCUT2D eigenvalue weighted by atomic mass is 16.2. The molecule has 0 saturated heterocycles. The van der Waals surface area contributed by atoms with Crippen LogP contribution in [0.2, 0.25) is 0 Å². The Kier molecular flexibility index (Phi) is 17.0. The zero-order chi connectivity index (χ0) is 30.8. The van der Waals surface area contributed by atoms with Gasteiger partial charge in [0.25, 0.3) is 11.8 Å². The summed E-state index contributed by atoms with van der Waals surface area (Å²) >= 11 is 0. The van der Waals surface area contributed by atoms with Crippen molar-refractivity contribution in [3.8, 4) is 0 Å². The Hall–Kier alpha value is -3.46. The van der Waals surface area contributed by atoms with E-state index in [1.165, 1.54) is 19.3 Å². The van der Waals surface area contributed by atoms with E-state index in [1.807, 2.05) is 68.4 Å². The molecule has 9 heteroatoms. The lowest BCUT2D eigenvalue weighted by atomic mass is 9.93. The van der Waals surface area contributed by atoms with Gasteiger partial charge in [-0.1, -0.05) is 58.3 Å². The molecule has 0 aliphatic heterocycles. The number of aryl methyl sites for hydroxylation is 1. The van der Waals surface area contributed by atoms with Crippen LogP contribution in [0.25, 0.3) is 11.0 Å².